The number of hydrogen-bond donors (Lipinski definition) is 2. The molecule has 1 rings (SSSR count). The number of thiophene rings is 1. The molecule has 0 radical (unpaired) electrons. The highest BCUT2D eigenvalue weighted by atomic mass is 127. The van der Waals surface area contributed by atoms with Crippen molar-refractivity contribution in [1.82, 2.24) is 14.9 Å². The maximum Gasteiger partial charge on any atom is 0.208 e. The highest BCUT2D eigenvalue weighted by molar-refractivity contribution is 14.0. The van der Waals surface area contributed by atoms with Gasteiger partial charge in [0.25, 0.3) is 0 Å². The van der Waals surface area contributed by atoms with Gasteiger partial charge in [0.1, 0.15) is 0 Å². The van der Waals surface area contributed by atoms with Gasteiger partial charge in [-0.2, -0.15) is 0 Å². The quantitative estimate of drug-likeness (QED) is 0.266. The number of nitrogens with zero attached hydrogens (tertiary/aromatic N) is 2. The second-order valence-electron chi connectivity index (χ2n) is 4.74. The van der Waals surface area contributed by atoms with Gasteiger partial charge in [0.05, 0.1) is 6.26 Å². The summed E-state index contributed by atoms with van der Waals surface area (Å²) in [5.41, 5.74) is 0. The van der Waals surface area contributed by atoms with E-state index in [1.54, 1.807) is 18.4 Å². The molecule has 6 nitrogen and oxygen atoms in total. The molecule has 0 amide bonds. The molecule has 0 bridgehead atoms. The fourth-order valence-corrected chi connectivity index (χ4v) is 2.98. The molecule has 0 aliphatic heterocycles. The summed E-state index contributed by atoms with van der Waals surface area (Å²) in [4.78, 5) is 7.66. The molecule has 2 N–H and O–H groups in total. The lowest BCUT2D eigenvalue weighted by Crippen LogP contribution is -2.40. The normalized spacial score (nSPS) is 11.9. The van der Waals surface area contributed by atoms with Crippen LogP contribution in [0.25, 0.3) is 0 Å². The van der Waals surface area contributed by atoms with Crippen molar-refractivity contribution in [2.75, 3.05) is 40.0 Å². The van der Waals surface area contributed by atoms with E-state index in [-0.39, 0.29) is 24.0 Å². The van der Waals surface area contributed by atoms with E-state index in [9.17, 15) is 8.42 Å². The second-order valence-corrected chi connectivity index (χ2v) is 7.61. The summed E-state index contributed by atoms with van der Waals surface area (Å²) < 4.78 is 24.3. The van der Waals surface area contributed by atoms with E-state index in [4.69, 9.17) is 0 Å². The molecule has 0 aromatic carbocycles. The van der Waals surface area contributed by atoms with Gasteiger partial charge in [0.15, 0.2) is 5.96 Å². The Kier molecular flexibility index (Phi) is 11.0. The van der Waals surface area contributed by atoms with E-state index in [0.717, 1.165) is 25.2 Å². The van der Waals surface area contributed by atoms with Gasteiger partial charge in [-0.3, -0.25) is 4.99 Å². The van der Waals surface area contributed by atoms with Crippen molar-refractivity contribution in [3.63, 3.8) is 0 Å². The second kappa shape index (κ2) is 11.2. The maximum atomic E-state index is 10.9. The van der Waals surface area contributed by atoms with Crippen LogP contribution < -0.4 is 10.0 Å². The molecule has 0 fully saturated rings. The van der Waals surface area contributed by atoms with Crippen molar-refractivity contribution in [2.24, 2.45) is 4.99 Å². The highest BCUT2D eigenvalue weighted by Crippen LogP contribution is 2.09. The third-order valence-electron chi connectivity index (χ3n) is 2.85. The maximum absolute atomic E-state index is 10.9. The minimum absolute atomic E-state index is 0. The topological polar surface area (TPSA) is 73.8 Å². The molecule has 0 aliphatic carbocycles. The van der Waals surface area contributed by atoms with Crippen LogP contribution in [0.4, 0.5) is 0 Å². The highest BCUT2D eigenvalue weighted by Gasteiger charge is 2.06. The summed E-state index contributed by atoms with van der Waals surface area (Å²) in [6.07, 6.45) is 2.87. The Labute approximate surface area is 154 Å². The molecule has 22 heavy (non-hydrogen) atoms. The van der Waals surface area contributed by atoms with E-state index in [1.807, 2.05) is 7.05 Å². The molecule has 0 unspecified atom stereocenters. The van der Waals surface area contributed by atoms with Crippen LogP contribution in [-0.2, 0) is 16.4 Å². The van der Waals surface area contributed by atoms with Crippen LogP contribution in [0.5, 0.6) is 0 Å². The van der Waals surface area contributed by atoms with Crippen molar-refractivity contribution in [2.45, 2.75) is 12.8 Å². The summed E-state index contributed by atoms with van der Waals surface area (Å²) in [6.45, 7) is 2.00. The molecule has 0 atom stereocenters. The molecule has 1 aromatic rings. The lowest BCUT2D eigenvalue weighted by atomic mass is 10.3. The largest absolute Gasteiger partial charge is 0.356 e. The minimum Gasteiger partial charge on any atom is -0.356 e. The molecular weight excluding hydrogens is 435 g/mol. The monoisotopic (exact) mass is 460 g/mol. The Morgan fingerprint density at radius 2 is 2.14 bits per heavy atom. The van der Waals surface area contributed by atoms with Gasteiger partial charge in [-0.25, -0.2) is 13.1 Å². The zero-order valence-corrected chi connectivity index (χ0v) is 17.2. The Balaban J connectivity index is 0.00000441. The summed E-state index contributed by atoms with van der Waals surface area (Å²) >= 11 is 1.76. The number of guanidine groups is 1. The van der Waals surface area contributed by atoms with Crippen LogP contribution in [0.3, 0.4) is 0 Å². The number of nitrogens with one attached hydrogen (secondary N) is 2. The first kappa shape index (κ1) is 21.6. The van der Waals surface area contributed by atoms with Gasteiger partial charge in [-0.1, -0.05) is 6.07 Å². The minimum atomic E-state index is -3.10. The Hall–Kier alpha value is -0.390. The lowest BCUT2D eigenvalue weighted by molar-refractivity contribution is 0.485. The third kappa shape index (κ3) is 9.59. The first-order chi connectivity index (χ1) is 9.92. The molecule has 1 aromatic heterocycles. The van der Waals surface area contributed by atoms with Crippen LogP contribution >= 0.6 is 35.3 Å². The van der Waals surface area contributed by atoms with Crippen molar-refractivity contribution in [3.05, 3.63) is 22.4 Å². The van der Waals surface area contributed by atoms with E-state index in [0.29, 0.717) is 19.5 Å². The van der Waals surface area contributed by atoms with E-state index in [1.165, 1.54) is 4.88 Å². The van der Waals surface area contributed by atoms with E-state index < -0.39 is 10.0 Å². The molecule has 0 saturated carbocycles. The molecule has 0 aliphatic rings. The van der Waals surface area contributed by atoms with Crippen LogP contribution in [0.15, 0.2) is 22.5 Å². The predicted octanol–water partition coefficient (Wildman–Crippen LogP) is 1.36. The van der Waals surface area contributed by atoms with Crippen LogP contribution in [-0.4, -0.2) is 59.3 Å². The first-order valence-electron chi connectivity index (χ1n) is 6.81. The fraction of sp³-hybridized carbons (Fsp3) is 0.615. The van der Waals surface area contributed by atoms with Gasteiger partial charge in [0, 0.05) is 38.6 Å². The van der Waals surface area contributed by atoms with Gasteiger partial charge in [0.2, 0.25) is 10.0 Å². The summed E-state index contributed by atoms with van der Waals surface area (Å²) in [5, 5.41) is 5.31. The number of rotatable bonds is 8. The molecule has 1 heterocycles. The van der Waals surface area contributed by atoms with Crippen molar-refractivity contribution < 1.29 is 8.42 Å². The summed E-state index contributed by atoms with van der Waals surface area (Å²) in [5.74, 6) is 0.825. The molecule has 0 spiro atoms. The molecule has 0 saturated heterocycles. The summed E-state index contributed by atoms with van der Waals surface area (Å²) in [7, 11) is 0.649. The van der Waals surface area contributed by atoms with Crippen molar-refractivity contribution in [3.8, 4) is 0 Å². The zero-order valence-electron chi connectivity index (χ0n) is 13.2. The van der Waals surface area contributed by atoms with Gasteiger partial charge < -0.3 is 10.2 Å². The Morgan fingerprint density at radius 1 is 1.41 bits per heavy atom. The van der Waals surface area contributed by atoms with Gasteiger partial charge in [-0.05, 0) is 24.3 Å². The average Bonchev–Trinajstić information content (AvgIpc) is 2.92. The fourth-order valence-electron chi connectivity index (χ4n) is 1.77. The SMILES string of the molecule is CN=C(NCCCNS(C)(=O)=O)N(C)CCc1cccs1.I. The Morgan fingerprint density at radius 3 is 2.68 bits per heavy atom. The summed E-state index contributed by atoms with van der Waals surface area (Å²) in [6, 6.07) is 4.19. The lowest BCUT2D eigenvalue weighted by Gasteiger charge is -2.21. The van der Waals surface area contributed by atoms with Crippen LogP contribution in [0.1, 0.15) is 11.3 Å². The molecular formula is C13H25IN4O2S2. The van der Waals surface area contributed by atoms with Crippen LogP contribution in [0.2, 0.25) is 0 Å². The van der Waals surface area contributed by atoms with Crippen LogP contribution in [0, 0.1) is 0 Å². The van der Waals surface area contributed by atoms with Gasteiger partial charge >= 0.3 is 0 Å². The van der Waals surface area contributed by atoms with Crippen molar-refractivity contribution >= 4 is 51.3 Å². The van der Waals surface area contributed by atoms with Gasteiger partial charge in [-0.15, -0.1) is 35.3 Å². The van der Waals surface area contributed by atoms with Crippen molar-refractivity contribution in [1.29, 1.82) is 0 Å². The Bertz CT molecular complexity index is 532. The number of likely N-dealkylation sites (N-methyl/N-ethyl adjacent to an activating group) is 1. The van der Waals surface area contributed by atoms with E-state index >= 15 is 0 Å². The zero-order chi connectivity index (χ0) is 15.7. The third-order valence-corrected chi connectivity index (χ3v) is 4.51. The number of hydrogen-bond acceptors (Lipinski definition) is 4. The molecule has 9 heteroatoms. The average molecular weight is 460 g/mol. The first-order valence-corrected chi connectivity index (χ1v) is 9.58. The standard InChI is InChI=1S/C13H24N4O2S2.HI/c1-14-13(15-8-5-9-16-21(3,18)19)17(2)10-7-12-6-4-11-20-12;/h4,6,11,16H,5,7-10H2,1-3H3,(H,14,15);1H. The number of aliphatic imine (C=N–C) groups is 1. The predicted molar refractivity (Wildman–Crippen MR) is 105 cm³/mol. The molecule has 128 valence electrons. The number of halogens is 1. The number of sulfonamides is 1. The van der Waals surface area contributed by atoms with E-state index in [2.05, 4.69) is 37.4 Å². The smallest absolute Gasteiger partial charge is 0.208 e.